The Labute approximate surface area is 146 Å². The first kappa shape index (κ1) is 23.2. The van der Waals surface area contributed by atoms with Gasteiger partial charge in [-0.2, -0.15) is 0 Å². The molecule has 7 heteroatoms. The highest BCUT2D eigenvalue weighted by atomic mass is 28.4. The van der Waals surface area contributed by atoms with E-state index in [1.165, 1.54) is 0 Å². The predicted octanol–water partition coefficient (Wildman–Crippen LogP) is 3.45. The molecule has 140 valence electrons. The highest BCUT2D eigenvalue weighted by molar-refractivity contribution is 6.70. The molecule has 0 bridgehead atoms. The average molecular weight is 366 g/mol. The molecule has 0 aromatic carbocycles. The van der Waals surface area contributed by atoms with E-state index in [1.54, 1.807) is 28.4 Å². The van der Waals surface area contributed by atoms with Gasteiger partial charge in [-0.3, -0.25) is 4.90 Å². The second-order valence-electron chi connectivity index (χ2n) is 5.83. The maximum atomic E-state index is 5.99. The fourth-order valence-corrected chi connectivity index (χ4v) is 10.7. The summed E-state index contributed by atoms with van der Waals surface area (Å²) in [5.41, 5.74) is 0.586. The monoisotopic (exact) mass is 365 g/mol. The second kappa shape index (κ2) is 11.0. The van der Waals surface area contributed by atoms with Gasteiger partial charge in [0, 0.05) is 28.4 Å². The van der Waals surface area contributed by atoms with Crippen LogP contribution in [0.1, 0.15) is 47.5 Å². The van der Waals surface area contributed by atoms with Crippen LogP contribution < -0.4 is 0 Å². The third-order valence-electron chi connectivity index (χ3n) is 5.32. The second-order valence-corrected chi connectivity index (χ2v) is 13.5. The van der Waals surface area contributed by atoms with Gasteiger partial charge >= 0.3 is 17.1 Å². The van der Waals surface area contributed by atoms with E-state index in [2.05, 4.69) is 39.5 Å². The predicted molar refractivity (Wildman–Crippen MR) is 101 cm³/mol. The van der Waals surface area contributed by atoms with Crippen LogP contribution in [0.25, 0.3) is 0 Å². The Morgan fingerprint density at radius 3 is 1.09 bits per heavy atom. The number of hydrogen-bond acceptors (Lipinski definition) is 5. The van der Waals surface area contributed by atoms with Crippen LogP contribution in [-0.2, 0) is 17.7 Å². The maximum absolute atomic E-state index is 5.99. The van der Waals surface area contributed by atoms with E-state index >= 15 is 0 Å². The molecule has 0 radical (unpaired) electrons. The number of nitrogens with zero attached hydrogens (tertiary/aromatic N) is 1. The molecule has 23 heavy (non-hydrogen) atoms. The van der Waals surface area contributed by atoms with Crippen molar-refractivity contribution in [3.63, 3.8) is 0 Å². The Kier molecular flexibility index (Phi) is 11.1. The molecular formula is C16H39NO4Si2. The highest BCUT2D eigenvalue weighted by Crippen LogP contribution is 2.31. The Morgan fingerprint density at radius 2 is 0.957 bits per heavy atom. The Balaban J connectivity index is 5.89. The number of rotatable bonds is 13. The molecule has 0 spiro atoms. The molecule has 0 aliphatic heterocycles. The molecule has 2 atom stereocenters. The van der Waals surface area contributed by atoms with E-state index in [-0.39, 0.29) is 0 Å². The molecule has 0 aliphatic rings. The van der Waals surface area contributed by atoms with Crippen molar-refractivity contribution in [2.45, 2.75) is 70.9 Å². The lowest BCUT2D eigenvalue weighted by Crippen LogP contribution is -2.68. The molecule has 0 saturated carbocycles. The van der Waals surface area contributed by atoms with Gasteiger partial charge in [-0.15, -0.1) is 0 Å². The summed E-state index contributed by atoms with van der Waals surface area (Å²) in [5.74, 6) is 0. The van der Waals surface area contributed by atoms with Crippen molar-refractivity contribution < 1.29 is 17.7 Å². The third kappa shape index (κ3) is 4.65. The van der Waals surface area contributed by atoms with Gasteiger partial charge < -0.3 is 17.7 Å². The van der Waals surface area contributed by atoms with Crippen molar-refractivity contribution in [1.29, 1.82) is 0 Å². The van der Waals surface area contributed by atoms with E-state index < -0.39 is 17.1 Å². The lowest BCUT2D eigenvalue weighted by molar-refractivity contribution is 0.112. The molecule has 0 rings (SSSR count). The van der Waals surface area contributed by atoms with Crippen molar-refractivity contribution >= 4 is 17.1 Å². The van der Waals surface area contributed by atoms with Gasteiger partial charge in [0.2, 0.25) is 0 Å². The highest BCUT2D eigenvalue weighted by Gasteiger charge is 2.52. The molecule has 0 heterocycles. The largest absolute Gasteiger partial charge is 0.397 e. The first-order chi connectivity index (χ1) is 11.0. The SMILES string of the molecule is CCC(N(CC)C(CC)[Si](CC)(OC)OC)[Si](CC)(OC)OC. The van der Waals surface area contributed by atoms with Gasteiger partial charge in [0.25, 0.3) is 0 Å². The van der Waals surface area contributed by atoms with Crippen LogP contribution in [0.4, 0.5) is 0 Å². The van der Waals surface area contributed by atoms with E-state index in [0.717, 1.165) is 31.5 Å². The third-order valence-corrected chi connectivity index (χ3v) is 13.6. The van der Waals surface area contributed by atoms with E-state index in [4.69, 9.17) is 17.7 Å². The minimum Gasteiger partial charge on any atom is -0.397 e. The zero-order valence-electron chi connectivity index (χ0n) is 16.8. The summed E-state index contributed by atoms with van der Waals surface area (Å²) < 4.78 is 24.0. The van der Waals surface area contributed by atoms with Crippen LogP contribution in [-0.4, -0.2) is 68.3 Å². The lowest BCUT2D eigenvalue weighted by atomic mass is 10.3. The maximum Gasteiger partial charge on any atom is 0.355 e. The Morgan fingerprint density at radius 1 is 0.652 bits per heavy atom. The molecule has 0 aliphatic carbocycles. The quantitative estimate of drug-likeness (QED) is 0.468. The van der Waals surface area contributed by atoms with Crippen molar-refractivity contribution in [3.8, 4) is 0 Å². The zero-order valence-corrected chi connectivity index (χ0v) is 18.8. The van der Waals surface area contributed by atoms with Crippen LogP contribution in [0.15, 0.2) is 0 Å². The molecule has 0 N–H and O–H groups in total. The molecule has 0 aromatic heterocycles. The smallest absolute Gasteiger partial charge is 0.355 e. The van der Waals surface area contributed by atoms with Gasteiger partial charge in [0.1, 0.15) is 0 Å². The van der Waals surface area contributed by atoms with Crippen LogP contribution in [0.3, 0.4) is 0 Å². The van der Waals surface area contributed by atoms with E-state index in [9.17, 15) is 0 Å². The average Bonchev–Trinajstić information content (AvgIpc) is 2.61. The summed E-state index contributed by atoms with van der Waals surface area (Å²) >= 11 is 0. The van der Waals surface area contributed by atoms with Crippen molar-refractivity contribution in [1.82, 2.24) is 4.90 Å². The van der Waals surface area contributed by atoms with Gasteiger partial charge in [-0.1, -0.05) is 34.6 Å². The number of hydrogen-bond donors (Lipinski definition) is 0. The Bertz CT molecular complexity index is 268. The van der Waals surface area contributed by atoms with Crippen LogP contribution in [0.5, 0.6) is 0 Å². The summed E-state index contributed by atoms with van der Waals surface area (Å²) in [4.78, 5) is 2.55. The zero-order chi connectivity index (χ0) is 18.1. The molecule has 0 aromatic rings. The standard InChI is InChI=1S/C16H39NO4Si2/c1-10-15(22(13-4,18-6)19-7)17(12-3)16(11-2)23(14-5,20-8)21-9/h15-16H,10-14H2,1-9H3. The summed E-state index contributed by atoms with van der Waals surface area (Å²) in [6.07, 6.45) is 2.02. The van der Waals surface area contributed by atoms with E-state index in [0.29, 0.717) is 11.3 Å². The van der Waals surface area contributed by atoms with E-state index in [1.807, 2.05) is 0 Å². The topological polar surface area (TPSA) is 40.2 Å². The van der Waals surface area contributed by atoms with Crippen molar-refractivity contribution in [3.05, 3.63) is 0 Å². The van der Waals surface area contributed by atoms with Gasteiger partial charge in [-0.05, 0) is 31.5 Å². The minimum absolute atomic E-state index is 0.293. The summed E-state index contributed by atoms with van der Waals surface area (Å²) in [6, 6.07) is 1.87. The molecular weight excluding hydrogens is 326 g/mol. The summed E-state index contributed by atoms with van der Waals surface area (Å²) in [5, 5.41) is 0. The summed E-state index contributed by atoms with van der Waals surface area (Å²) in [7, 11) is 2.62. The van der Waals surface area contributed by atoms with Crippen molar-refractivity contribution in [2.24, 2.45) is 0 Å². The normalized spacial score (nSPS) is 15.9. The molecule has 0 fully saturated rings. The fourth-order valence-electron chi connectivity index (χ4n) is 4.01. The minimum atomic E-state index is -2.29. The van der Waals surface area contributed by atoms with Gasteiger partial charge in [0.05, 0.1) is 11.3 Å². The van der Waals surface area contributed by atoms with Gasteiger partial charge in [0.15, 0.2) is 0 Å². The molecule has 5 nitrogen and oxygen atoms in total. The van der Waals surface area contributed by atoms with Crippen molar-refractivity contribution in [2.75, 3.05) is 35.0 Å². The lowest BCUT2D eigenvalue weighted by Gasteiger charge is -2.48. The summed E-state index contributed by atoms with van der Waals surface area (Å²) in [6.45, 7) is 12.0. The Hall–Kier alpha value is 0.234. The fraction of sp³-hybridized carbons (Fsp3) is 1.00. The first-order valence-corrected chi connectivity index (χ1v) is 13.1. The first-order valence-electron chi connectivity index (χ1n) is 8.92. The molecule has 0 saturated heterocycles. The van der Waals surface area contributed by atoms with Crippen LogP contribution in [0, 0.1) is 0 Å². The van der Waals surface area contributed by atoms with Crippen LogP contribution >= 0.6 is 0 Å². The molecule has 0 amide bonds. The van der Waals surface area contributed by atoms with Gasteiger partial charge in [-0.25, -0.2) is 0 Å². The molecule has 2 unspecified atom stereocenters. The van der Waals surface area contributed by atoms with Crippen LogP contribution in [0.2, 0.25) is 12.1 Å².